The highest BCUT2D eigenvalue weighted by molar-refractivity contribution is 6.32. The molecule has 1 aliphatic rings. The Hall–Kier alpha value is -5.54. The summed E-state index contributed by atoms with van der Waals surface area (Å²) in [6.07, 6.45) is 9.05. The van der Waals surface area contributed by atoms with E-state index in [0.717, 1.165) is 53.3 Å². The van der Waals surface area contributed by atoms with Crippen LogP contribution in [0.15, 0.2) is 134 Å². The summed E-state index contributed by atoms with van der Waals surface area (Å²) in [7, 11) is 0. The monoisotopic (exact) mass is 758 g/mol. The number of benzene rings is 4. The number of piperazine rings is 1. The number of amides is 1. The molecule has 0 aliphatic carbocycles. The number of aryl methyl sites for hydroxylation is 1. The number of halogens is 2. The summed E-state index contributed by atoms with van der Waals surface area (Å²) in [6, 6.07) is 35.4. The van der Waals surface area contributed by atoms with Crippen molar-refractivity contribution in [3.63, 3.8) is 0 Å². The first-order valence-corrected chi connectivity index (χ1v) is 18.6. The topological polar surface area (TPSA) is 69.1 Å². The minimum absolute atomic E-state index is 0.0199. The van der Waals surface area contributed by atoms with Crippen molar-refractivity contribution in [2.75, 3.05) is 26.2 Å². The lowest BCUT2D eigenvalue weighted by Gasteiger charge is -2.34. The molecule has 0 N–H and O–H groups in total. The van der Waals surface area contributed by atoms with Crippen molar-refractivity contribution in [1.82, 2.24) is 19.4 Å². The van der Waals surface area contributed by atoms with Crippen molar-refractivity contribution in [3.8, 4) is 28.8 Å². The van der Waals surface area contributed by atoms with Gasteiger partial charge in [-0.15, -0.1) is 0 Å². The van der Waals surface area contributed by atoms with Crippen LogP contribution in [0.1, 0.15) is 27.8 Å². The maximum atomic E-state index is 13.1. The summed E-state index contributed by atoms with van der Waals surface area (Å²) in [4.78, 5) is 21.7. The fourth-order valence-electron chi connectivity index (χ4n) is 6.16. The average Bonchev–Trinajstić information content (AvgIpc) is 3.74. The molecular formula is C44H40Cl2N4O4. The lowest BCUT2D eigenvalue weighted by molar-refractivity contribution is -0.127. The quantitative estimate of drug-likeness (QED) is 0.109. The number of aromatic nitrogens is 2. The van der Waals surface area contributed by atoms with Crippen LogP contribution in [0.4, 0.5) is 0 Å². The molecule has 7 rings (SSSR count). The second-order valence-corrected chi connectivity index (χ2v) is 13.9. The largest absolute Gasteiger partial charge is 0.489 e. The van der Waals surface area contributed by atoms with Gasteiger partial charge in [0.25, 0.3) is 0 Å². The van der Waals surface area contributed by atoms with Crippen LogP contribution in [0.5, 0.6) is 23.1 Å². The summed E-state index contributed by atoms with van der Waals surface area (Å²) >= 11 is 12.9. The number of rotatable bonds is 13. The van der Waals surface area contributed by atoms with E-state index in [1.54, 1.807) is 36.5 Å². The summed E-state index contributed by atoms with van der Waals surface area (Å²) in [5, 5.41) is 1.08. The predicted octanol–water partition coefficient (Wildman–Crippen LogP) is 9.80. The fourth-order valence-corrected chi connectivity index (χ4v) is 6.67. The van der Waals surface area contributed by atoms with Crippen LogP contribution in [0.3, 0.4) is 0 Å². The lowest BCUT2D eigenvalue weighted by Crippen LogP contribution is -2.47. The van der Waals surface area contributed by atoms with Crippen molar-refractivity contribution in [2.24, 2.45) is 0 Å². The number of nitrogens with zero attached hydrogens (tertiary/aromatic N) is 4. The van der Waals surface area contributed by atoms with E-state index in [-0.39, 0.29) is 5.91 Å². The van der Waals surface area contributed by atoms with Crippen LogP contribution in [0.25, 0.3) is 11.8 Å². The summed E-state index contributed by atoms with van der Waals surface area (Å²) in [5.41, 5.74) is 5.98. The fraction of sp³-hybridized carbons (Fsp3) is 0.182. The van der Waals surface area contributed by atoms with E-state index in [1.165, 1.54) is 5.56 Å². The Bertz CT molecular complexity index is 2160. The SMILES string of the molecule is Cc1cc(C=CC(=O)N2CCN(Cc3ccc(COc4ccc(-n5cccc5)cc4)cc3)CC2)cc(Cl)c1Oc1ccc(OCc2ccccc2Cl)cn1. The Morgan fingerprint density at radius 1 is 0.759 bits per heavy atom. The molecule has 0 spiro atoms. The van der Waals surface area contributed by atoms with Crippen LogP contribution in [-0.4, -0.2) is 51.4 Å². The number of ether oxygens (including phenoxy) is 3. The summed E-state index contributed by atoms with van der Waals surface area (Å²) in [6.45, 7) is 6.54. The van der Waals surface area contributed by atoms with E-state index in [1.807, 2.05) is 78.8 Å². The standard InChI is InChI=1S/C44H40Cl2N4O4/c1-32-26-35(27-41(46)44(32)54-42-18-17-39(28-47-42)53-31-36-6-2-3-7-40(36)45)12-19-43(51)50-24-22-48(23-25-50)29-33-8-10-34(11-9-33)30-52-38-15-13-37(14-16-38)49-20-4-5-21-49/h2-21,26-28H,22-25,29-31H2,1H3. The van der Waals surface area contributed by atoms with Crippen LogP contribution in [0.2, 0.25) is 10.0 Å². The molecule has 0 saturated carbocycles. The average molecular weight is 760 g/mol. The number of carbonyl (C=O) groups is 1. The molecule has 3 heterocycles. The molecule has 274 valence electrons. The highest BCUT2D eigenvalue weighted by Crippen LogP contribution is 2.34. The van der Waals surface area contributed by atoms with E-state index in [0.29, 0.717) is 53.7 Å². The summed E-state index contributed by atoms with van der Waals surface area (Å²) in [5.74, 6) is 2.31. The van der Waals surface area contributed by atoms with Crippen molar-refractivity contribution >= 4 is 35.2 Å². The molecule has 6 aromatic rings. The van der Waals surface area contributed by atoms with Crippen LogP contribution < -0.4 is 14.2 Å². The van der Waals surface area contributed by atoms with Gasteiger partial charge in [0.2, 0.25) is 11.8 Å². The third-order valence-corrected chi connectivity index (χ3v) is 9.85. The van der Waals surface area contributed by atoms with Gasteiger partial charge in [-0.3, -0.25) is 9.69 Å². The number of hydrogen-bond donors (Lipinski definition) is 0. The Labute approximate surface area is 325 Å². The summed E-state index contributed by atoms with van der Waals surface area (Å²) < 4.78 is 19.9. The molecule has 4 aromatic carbocycles. The molecule has 0 unspecified atom stereocenters. The van der Waals surface area contributed by atoms with E-state index in [4.69, 9.17) is 37.4 Å². The van der Waals surface area contributed by atoms with E-state index < -0.39 is 0 Å². The molecule has 10 heteroatoms. The van der Waals surface area contributed by atoms with Crippen molar-refractivity contribution in [2.45, 2.75) is 26.7 Å². The van der Waals surface area contributed by atoms with Crippen LogP contribution >= 0.6 is 23.2 Å². The van der Waals surface area contributed by atoms with Crippen LogP contribution in [0, 0.1) is 6.92 Å². The maximum absolute atomic E-state index is 13.1. The van der Waals surface area contributed by atoms with Gasteiger partial charge in [0.1, 0.15) is 24.7 Å². The molecule has 1 amide bonds. The molecule has 1 fully saturated rings. The predicted molar refractivity (Wildman–Crippen MR) is 214 cm³/mol. The van der Waals surface area contributed by atoms with Gasteiger partial charge >= 0.3 is 0 Å². The first kappa shape index (κ1) is 36.8. The molecule has 0 radical (unpaired) electrons. The lowest BCUT2D eigenvalue weighted by atomic mass is 10.1. The van der Waals surface area contributed by atoms with Gasteiger partial charge in [0, 0.05) is 73.5 Å². The van der Waals surface area contributed by atoms with E-state index in [9.17, 15) is 4.79 Å². The van der Waals surface area contributed by atoms with Gasteiger partial charge in [-0.1, -0.05) is 65.7 Å². The molecular weight excluding hydrogens is 719 g/mol. The number of pyridine rings is 1. The Balaban J connectivity index is 0.843. The third-order valence-electron chi connectivity index (χ3n) is 9.20. The van der Waals surface area contributed by atoms with Gasteiger partial charge in [-0.05, 0) is 95.9 Å². The zero-order chi connectivity index (χ0) is 37.3. The Morgan fingerprint density at radius 2 is 1.46 bits per heavy atom. The van der Waals surface area contributed by atoms with E-state index >= 15 is 0 Å². The molecule has 8 nitrogen and oxygen atoms in total. The highest BCUT2D eigenvalue weighted by atomic mass is 35.5. The number of carbonyl (C=O) groups excluding carboxylic acids is 1. The van der Waals surface area contributed by atoms with Crippen LogP contribution in [-0.2, 0) is 24.6 Å². The molecule has 0 atom stereocenters. The molecule has 2 aromatic heterocycles. The van der Waals surface area contributed by atoms with Gasteiger partial charge < -0.3 is 23.7 Å². The Kier molecular flexibility index (Phi) is 11.9. The minimum atomic E-state index is -0.0199. The number of hydrogen-bond acceptors (Lipinski definition) is 6. The smallest absolute Gasteiger partial charge is 0.246 e. The second kappa shape index (κ2) is 17.5. The van der Waals surface area contributed by atoms with Gasteiger partial charge in [0.15, 0.2) is 5.75 Å². The zero-order valence-electron chi connectivity index (χ0n) is 29.9. The maximum Gasteiger partial charge on any atom is 0.246 e. The van der Waals surface area contributed by atoms with Gasteiger partial charge in [-0.25, -0.2) is 4.98 Å². The van der Waals surface area contributed by atoms with Gasteiger partial charge in [-0.2, -0.15) is 0 Å². The first-order chi connectivity index (χ1) is 26.4. The molecule has 1 saturated heterocycles. The molecule has 0 bridgehead atoms. The van der Waals surface area contributed by atoms with Crippen molar-refractivity contribution in [3.05, 3.63) is 172 Å². The molecule has 54 heavy (non-hydrogen) atoms. The van der Waals surface area contributed by atoms with E-state index in [2.05, 4.69) is 50.8 Å². The normalized spacial score (nSPS) is 13.3. The third kappa shape index (κ3) is 9.71. The first-order valence-electron chi connectivity index (χ1n) is 17.8. The minimum Gasteiger partial charge on any atom is -0.489 e. The van der Waals surface area contributed by atoms with Crippen molar-refractivity contribution in [1.29, 1.82) is 0 Å². The molecule has 1 aliphatic heterocycles. The highest BCUT2D eigenvalue weighted by Gasteiger charge is 2.20. The zero-order valence-corrected chi connectivity index (χ0v) is 31.4. The van der Waals surface area contributed by atoms with Gasteiger partial charge in [0.05, 0.1) is 11.2 Å². The van der Waals surface area contributed by atoms with Crippen molar-refractivity contribution < 1.29 is 19.0 Å². The second-order valence-electron chi connectivity index (χ2n) is 13.1. The Morgan fingerprint density at radius 3 is 2.17 bits per heavy atom.